The number of nitrogens with zero attached hydrogens (tertiary/aromatic N) is 2. The van der Waals surface area contributed by atoms with Gasteiger partial charge in [-0.05, 0) is 32.4 Å². The third kappa shape index (κ3) is 2.42. The van der Waals surface area contributed by atoms with Crippen molar-refractivity contribution < 1.29 is 4.79 Å². The van der Waals surface area contributed by atoms with Crippen molar-refractivity contribution in [3.8, 4) is 0 Å². The zero-order chi connectivity index (χ0) is 13.3. The van der Waals surface area contributed by atoms with E-state index in [1.54, 1.807) is 11.7 Å². The average Bonchev–Trinajstić information content (AvgIpc) is 2.62. The quantitative estimate of drug-likeness (QED) is 0.881. The Kier molecular flexibility index (Phi) is 3.19. The predicted octanol–water partition coefficient (Wildman–Crippen LogP) is 2.60. The molecule has 0 radical (unpaired) electrons. The standard InChI is InChI=1S/C14H17N3O/c1-9-5-6-12(10(2)7-9)15-14(18)13-11(3)8-17(4)16-13/h5-8H,1-4H3,(H,15,18). The molecule has 1 amide bonds. The number of hydrogen-bond donors (Lipinski definition) is 1. The van der Waals surface area contributed by atoms with Crippen molar-refractivity contribution in [2.75, 3.05) is 5.32 Å². The Balaban J connectivity index is 2.24. The number of carbonyl (C=O) groups excluding carboxylic acids is 1. The minimum absolute atomic E-state index is 0.167. The maximum Gasteiger partial charge on any atom is 0.276 e. The molecule has 2 rings (SSSR count). The van der Waals surface area contributed by atoms with Gasteiger partial charge in [0.2, 0.25) is 0 Å². The summed E-state index contributed by atoms with van der Waals surface area (Å²) in [5.74, 6) is -0.167. The molecule has 0 spiro atoms. The second-order valence-corrected chi connectivity index (χ2v) is 4.61. The fraction of sp³-hybridized carbons (Fsp3) is 0.286. The minimum atomic E-state index is -0.167. The van der Waals surface area contributed by atoms with Gasteiger partial charge in [-0.15, -0.1) is 0 Å². The average molecular weight is 243 g/mol. The molecule has 4 heteroatoms. The van der Waals surface area contributed by atoms with Gasteiger partial charge in [0.05, 0.1) is 0 Å². The summed E-state index contributed by atoms with van der Waals surface area (Å²) in [5.41, 5.74) is 4.41. The highest BCUT2D eigenvalue weighted by atomic mass is 16.2. The summed E-state index contributed by atoms with van der Waals surface area (Å²) in [4.78, 5) is 12.1. The van der Waals surface area contributed by atoms with Crippen molar-refractivity contribution in [1.82, 2.24) is 9.78 Å². The highest BCUT2D eigenvalue weighted by molar-refractivity contribution is 6.04. The van der Waals surface area contributed by atoms with Crippen LogP contribution in [-0.2, 0) is 7.05 Å². The molecular formula is C14H17N3O. The second-order valence-electron chi connectivity index (χ2n) is 4.61. The number of amides is 1. The van der Waals surface area contributed by atoms with Gasteiger partial charge in [-0.2, -0.15) is 5.10 Å². The van der Waals surface area contributed by atoms with Crippen molar-refractivity contribution in [1.29, 1.82) is 0 Å². The summed E-state index contributed by atoms with van der Waals surface area (Å²) in [5, 5.41) is 7.05. The molecule has 1 aromatic carbocycles. The first-order valence-electron chi connectivity index (χ1n) is 5.86. The fourth-order valence-electron chi connectivity index (χ4n) is 1.97. The Morgan fingerprint density at radius 3 is 2.50 bits per heavy atom. The van der Waals surface area contributed by atoms with E-state index in [1.165, 1.54) is 5.56 Å². The molecule has 1 heterocycles. The van der Waals surface area contributed by atoms with E-state index in [0.29, 0.717) is 5.69 Å². The van der Waals surface area contributed by atoms with E-state index in [9.17, 15) is 4.79 Å². The van der Waals surface area contributed by atoms with Crippen molar-refractivity contribution >= 4 is 11.6 Å². The third-order valence-corrected chi connectivity index (χ3v) is 2.86. The van der Waals surface area contributed by atoms with Gasteiger partial charge >= 0.3 is 0 Å². The smallest absolute Gasteiger partial charge is 0.276 e. The normalized spacial score (nSPS) is 10.4. The van der Waals surface area contributed by atoms with Gasteiger partial charge in [-0.3, -0.25) is 9.48 Å². The largest absolute Gasteiger partial charge is 0.320 e. The van der Waals surface area contributed by atoms with E-state index in [-0.39, 0.29) is 5.91 Å². The monoisotopic (exact) mass is 243 g/mol. The van der Waals surface area contributed by atoms with Crippen LogP contribution in [0.2, 0.25) is 0 Å². The van der Waals surface area contributed by atoms with Crippen LogP contribution < -0.4 is 5.32 Å². The summed E-state index contributed by atoms with van der Waals surface area (Å²) < 4.78 is 1.65. The molecule has 0 saturated carbocycles. The number of aryl methyl sites for hydroxylation is 4. The van der Waals surface area contributed by atoms with Crippen LogP contribution in [0, 0.1) is 20.8 Å². The molecular weight excluding hydrogens is 226 g/mol. The zero-order valence-corrected chi connectivity index (χ0v) is 11.1. The molecule has 94 valence electrons. The van der Waals surface area contributed by atoms with E-state index in [0.717, 1.165) is 16.8 Å². The highest BCUT2D eigenvalue weighted by Crippen LogP contribution is 2.17. The predicted molar refractivity (Wildman–Crippen MR) is 71.8 cm³/mol. The van der Waals surface area contributed by atoms with Crippen LogP contribution in [0.4, 0.5) is 5.69 Å². The SMILES string of the molecule is Cc1ccc(NC(=O)c2nn(C)cc2C)c(C)c1. The molecule has 0 unspecified atom stereocenters. The number of rotatable bonds is 2. The number of hydrogen-bond acceptors (Lipinski definition) is 2. The van der Waals surface area contributed by atoms with Gasteiger partial charge in [0, 0.05) is 24.5 Å². The van der Waals surface area contributed by atoms with E-state index in [1.807, 2.05) is 45.2 Å². The molecule has 0 fully saturated rings. The number of anilines is 1. The topological polar surface area (TPSA) is 46.9 Å². The molecule has 18 heavy (non-hydrogen) atoms. The highest BCUT2D eigenvalue weighted by Gasteiger charge is 2.13. The van der Waals surface area contributed by atoms with Crippen LogP contribution in [0.15, 0.2) is 24.4 Å². The van der Waals surface area contributed by atoms with E-state index in [4.69, 9.17) is 0 Å². The van der Waals surface area contributed by atoms with Crippen LogP contribution in [0.1, 0.15) is 27.2 Å². The lowest BCUT2D eigenvalue weighted by molar-refractivity contribution is 0.102. The second kappa shape index (κ2) is 4.64. The van der Waals surface area contributed by atoms with Gasteiger partial charge in [0.1, 0.15) is 0 Å². The molecule has 1 aromatic heterocycles. The van der Waals surface area contributed by atoms with Gasteiger partial charge in [-0.25, -0.2) is 0 Å². The van der Waals surface area contributed by atoms with Crippen molar-refractivity contribution in [3.05, 3.63) is 46.8 Å². The summed E-state index contributed by atoms with van der Waals surface area (Å²) in [6.07, 6.45) is 1.83. The minimum Gasteiger partial charge on any atom is -0.320 e. The molecule has 0 saturated heterocycles. The lowest BCUT2D eigenvalue weighted by Gasteiger charge is -2.08. The first-order chi connectivity index (χ1) is 8.47. The third-order valence-electron chi connectivity index (χ3n) is 2.86. The van der Waals surface area contributed by atoms with E-state index < -0.39 is 0 Å². The number of aromatic nitrogens is 2. The molecule has 2 aromatic rings. The Hall–Kier alpha value is -2.10. The summed E-state index contributed by atoms with van der Waals surface area (Å²) in [6.45, 7) is 5.89. The first kappa shape index (κ1) is 12.4. The molecule has 0 aliphatic rings. The van der Waals surface area contributed by atoms with Crippen molar-refractivity contribution in [2.45, 2.75) is 20.8 Å². The Labute approximate surface area is 107 Å². The van der Waals surface area contributed by atoms with Crippen LogP contribution >= 0.6 is 0 Å². The zero-order valence-electron chi connectivity index (χ0n) is 11.1. The summed E-state index contributed by atoms with van der Waals surface area (Å²) in [7, 11) is 1.81. The summed E-state index contributed by atoms with van der Waals surface area (Å²) >= 11 is 0. The number of nitrogens with one attached hydrogen (secondary N) is 1. The molecule has 4 nitrogen and oxygen atoms in total. The molecule has 0 atom stereocenters. The Morgan fingerprint density at radius 2 is 1.94 bits per heavy atom. The molecule has 0 bridgehead atoms. The maximum absolute atomic E-state index is 12.1. The fourth-order valence-corrected chi connectivity index (χ4v) is 1.97. The van der Waals surface area contributed by atoms with Crippen LogP contribution in [0.5, 0.6) is 0 Å². The number of carbonyl (C=O) groups is 1. The first-order valence-corrected chi connectivity index (χ1v) is 5.86. The van der Waals surface area contributed by atoms with Gasteiger partial charge in [0.15, 0.2) is 5.69 Å². The van der Waals surface area contributed by atoms with Gasteiger partial charge < -0.3 is 5.32 Å². The van der Waals surface area contributed by atoms with Crippen LogP contribution in [0.3, 0.4) is 0 Å². The summed E-state index contributed by atoms with van der Waals surface area (Å²) in [6, 6.07) is 5.94. The van der Waals surface area contributed by atoms with E-state index >= 15 is 0 Å². The molecule has 1 N–H and O–H groups in total. The van der Waals surface area contributed by atoms with E-state index in [2.05, 4.69) is 10.4 Å². The van der Waals surface area contributed by atoms with Crippen LogP contribution in [-0.4, -0.2) is 15.7 Å². The number of benzene rings is 1. The lowest BCUT2D eigenvalue weighted by Crippen LogP contribution is -2.15. The Morgan fingerprint density at radius 1 is 1.22 bits per heavy atom. The molecule has 0 aliphatic heterocycles. The van der Waals surface area contributed by atoms with Crippen molar-refractivity contribution in [2.24, 2.45) is 7.05 Å². The van der Waals surface area contributed by atoms with Crippen molar-refractivity contribution in [3.63, 3.8) is 0 Å². The lowest BCUT2D eigenvalue weighted by atomic mass is 10.1. The molecule has 0 aliphatic carbocycles. The maximum atomic E-state index is 12.1. The van der Waals surface area contributed by atoms with Crippen LogP contribution in [0.25, 0.3) is 0 Å². The van der Waals surface area contributed by atoms with Gasteiger partial charge in [0.25, 0.3) is 5.91 Å². The van der Waals surface area contributed by atoms with Gasteiger partial charge in [-0.1, -0.05) is 17.7 Å². The Bertz CT molecular complexity index is 599.